The Labute approximate surface area is 77.8 Å². The van der Waals surface area contributed by atoms with E-state index in [1.807, 2.05) is 18.2 Å². The molecule has 0 saturated heterocycles. The lowest BCUT2D eigenvalue weighted by Crippen LogP contribution is -2.11. The van der Waals surface area contributed by atoms with Gasteiger partial charge in [0.2, 0.25) is 0 Å². The van der Waals surface area contributed by atoms with E-state index in [1.165, 1.54) is 5.56 Å². The van der Waals surface area contributed by atoms with Crippen molar-refractivity contribution < 1.29 is 4.74 Å². The van der Waals surface area contributed by atoms with Crippen molar-refractivity contribution in [2.24, 2.45) is 0 Å². The molecule has 1 aromatic carbocycles. The Balaban J connectivity index is 2.47. The first-order valence-electron chi connectivity index (χ1n) is 4.48. The summed E-state index contributed by atoms with van der Waals surface area (Å²) < 4.78 is 5.49. The van der Waals surface area contributed by atoms with E-state index in [0.717, 1.165) is 18.8 Å². The van der Waals surface area contributed by atoms with Gasteiger partial charge in [0.15, 0.2) is 0 Å². The summed E-state index contributed by atoms with van der Waals surface area (Å²) in [5.74, 6) is 1.44. The van der Waals surface area contributed by atoms with Gasteiger partial charge in [0, 0.05) is 0 Å². The van der Waals surface area contributed by atoms with Crippen LogP contribution in [0, 0.1) is 11.3 Å². The molecular formula is C11H11NO. The number of benzene rings is 1. The fourth-order valence-corrected chi connectivity index (χ4v) is 1.64. The van der Waals surface area contributed by atoms with Crippen LogP contribution >= 0.6 is 0 Å². The molecular weight excluding hydrogens is 162 g/mol. The van der Waals surface area contributed by atoms with Crippen LogP contribution in [-0.2, 0) is 0 Å². The van der Waals surface area contributed by atoms with E-state index in [1.54, 1.807) is 0 Å². The first-order valence-corrected chi connectivity index (χ1v) is 4.48. The van der Waals surface area contributed by atoms with Crippen molar-refractivity contribution in [2.45, 2.75) is 19.3 Å². The summed E-state index contributed by atoms with van der Waals surface area (Å²) in [7, 11) is 0. The molecule has 0 aromatic heterocycles. The summed E-state index contributed by atoms with van der Waals surface area (Å²) >= 11 is 0. The van der Waals surface area contributed by atoms with Crippen molar-refractivity contribution in [1.29, 1.82) is 5.26 Å². The van der Waals surface area contributed by atoms with Crippen molar-refractivity contribution in [3.8, 4) is 11.8 Å². The highest BCUT2D eigenvalue weighted by molar-refractivity contribution is 5.44. The van der Waals surface area contributed by atoms with E-state index in [9.17, 15) is 0 Å². The Bertz CT molecular complexity index is 365. The number of nitrogens with zero attached hydrogens (tertiary/aromatic N) is 1. The van der Waals surface area contributed by atoms with E-state index in [2.05, 4.69) is 13.0 Å². The molecule has 1 unspecified atom stereocenters. The zero-order valence-corrected chi connectivity index (χ0v) is 7.58. The predicted octanol–water partition coefficient (Wildman–Crippen LogP) is 2.44. The summed E-state index contributed by atoms with van der Waals surface area (Å²) in [5, 5.41) is 8.70. The first kappa shape index (κ1) is 8.12. The van der Waals surface area contributed by atoms with Gasteiger partial charge in [0.25, 0.3) is 0 Å². The summed E-state index contributed by atoms with van der Waals surface area (Å²) in [4.78, 5) is 0. The molecule has 0 saturated carbocycles. The van der Waals surface area contributed by atoms with E-state index >= 15 is 0 Å². The third kappa shape index (κ3) is 1.38. The van der Waals surface area contributed by atoms with Gasteiger partial charge in [-0.05, 0) is 30.0 Å². The largest absolute Gasteiger partial charge is 0.493 e. The maximum atomic E-state index is 8.70. The van der Waals surface area contributed by atoms with Crippen LogP contribution in [0.4, 0.5) is 0 Å². The van der Waals surface area contributed by atoms with Gasteiger partial charge in [-0.15, -0.1) is 0 Å². The Morgan fingerprint density at radius 3 is 3.15 bits per heavy atom. The molecule has 1 aliphatic heterocycles. The quantitative estimate of drug-likeness (QED) is 0.603. The van der Waals surface area contributed by atoms with E-state index in [-0.39, 0.29) is 0 Å². The van der Waals surface area contributed by atoms with Gasteiger partial charge in [-0.3, -0.25) is 0 Å². The number of hydrogen-bond acceptors (Lipinski definition) is 2. The van der Waals surface area contributed by atoms with Crippen LogP contribution in [0.25, 0.3) is 0 Å². The number of rotatable bonds is 0. The number of nitriles is 1. The van der Waals surface area contributed by atoms with Crippen LogP contribution in [0.1, 0.15) is 30.4 Å². The maximum Gasteiger partial charge on any atom is 0.124 e. The molecule has 2 heteroatoms. The summed E-state index contributed by atoms with van der Waals surface area (Å²) in [5.41, 5.74) is 1.90. The molecule has 66 valence electrons. The van der Waals surface area contributed by atoms with Crippen molar-refractivity contribution in [3.63, 3.8) is 0 Å². The fourth-order valence-electron chi connectivity index (χ4n) is 1.64. The molecule has 0 spiro atoms. The lowest BCUT2D eigenvalue weighted by atomic mass is 9.94. The molecule has 1 atom stereocenters. The second-order valence-corrected chi connectivity index (χ2v) is 3.40. The molecule has 2 nitrogen and oxygen atoms in total. The number of ether oxygens (including phenoxy) is 1. The van der Waals surface area contributed by atoms with Crippen LogP contribution in [0.3, 0.4) is 0 Å². The van der Waals surface area contributed by atoms with Crippen LogP contribution in [-0.4, -0.2) is 6.61 Å². The zero-order valence-electron chi connectivity index (χ0n) is 7.58. The standard InChI is InChI=1S/C11H11NO/c1-8-4-5-13-11-6-9(7-12)2-3-10(8)11/h2-3,6,8H,4-5H2,1H3. The Kier molecular flexibility index (Phi) is 1.94. The minimum Gasteiger partial charge on any atom is -0.493 e. The predicted molar refractivity (Wildman–Crippen MR) is 49.7 cm³/mol. The highest BCUT2D eigenvalue weighted by Gasteiger charge is 2.17. The zero-order chi connectivity index (χ0) is 9.26. The summed E-state index contributed by atoms with van der Waals surface area (Å²) in [6, 6.07) is 7.79. The smallest absolute Gasteiger partial charge is 0.124 e. The SMILES string of the molecule is CC1CCOc2cc(C#N)ccc21. The third-order valence-corrected chi connectivity index (χ3v) is 2.48. The lowest BCUT2D eigenvalue weighted by Gasteiger charge is -2.22. The van der Waals surface area contributed by atoms with Gasteiger partial charge in [0.05, 0.1) is 18.2 Å². The van der Waals surface area contributed by atoms with Gasteiger partial charge in [-0.25, -0.2) is 0 Å². The summed E-state index contributed by atoms with van der Waals surface area (Å²) in [6.45, 7) is 2.95. The number of fused-ring (bicyclic) bond motifs is 1. The van der Waals surface area contributed by atoms with Gasteiger partial charge >= 0.3 is 0 Å². The topological polar surface area (TPSA) is 33.0 Å². The van der Waals surface area contributed by atoms with Crippen LogP contribution in [0.2, 0.25) is 0 Å². The lowest BCUT2D eigenvalue weighted by molar-refractivity contribution is 0.272. The molecule has 1 aromatic rings. The Morgan fingerprint density at radius 2 is 2.38 bits per heavy atom. The van der Waals surface area contributed by atoms with Crippen molar-refractivity contribution >= 4 is 0 Å². The van der Waals surface area contributed by atoms with E-state index in [0.29, 0.717) is 11.5 Å². The molecule has 0 N–H and O–H groups in total. The van der Waals surface area contributed by atoms with Gasteiger partial charge in [0.1, 0.15) is 5.75 Å². The second-order valence-electron chi connectivity index (χ2n) is 3.40. The van der Waals surface area contributed by atoms with Crippen LogP contribution in [0.5, 0.6) is 5.75 Å². The van der Waals surface area contributed by atoms with E-state index < -0.39 is 0 Å². The van der Waals surface area contributed by atoms with Crippen molar-refractivity contribution in [2.75, 3.05) is 6.61 Å². The molecule has 0 fully saturated rings. The first-order chi connectivity index (χ1) is 6.31. The average molecular weight is 173 g/mol. The second kappa shape index (κ2) is 3.10. The Hall–Kier alpha value is -1.49. The average Bonchev–Trinajstić information content (AvgIpc) is 2.18. The molecule has 0 radical (unpaired) electrons. The van der Waals surface area contributed by atoms with Gasteiger partial charge in [-0.2, -0.15) is 5.26 Å². The minimum absolute atomic E-state index is 0.552. The molecule has 0 bridgehead atoms. The molecule has 1 aliphatic rings. The third-order valence-electron chi connectivity index (χ3n) is 2.48. The molecule has 2 rings (SSSR count). The highest BCUT2D eigenvalue weighted by Crippen LogP contribution is 2.33. The normalized spacial score (nSPS) is 19.8. The minimum atomic E-state index is 0.552. The molecule has 0 aliphatic carbocycles. The number of hydrogen-bond donors (Lipinski definition) is 0. The summed E-state index contributed by atoms with van der Waals surface area (Å²) in [6.07, 6.45) is 1.07. The van der Waals surface area contributed by atoms with Crippen molar-refractivity contribution in [1.82, 2.24) is 0 Å². The maximum absolute atomic E-state index is 8.70. The van der Waals surface area contributed by atoms with Crippen LogP contribution in [0.15, 0.2) is 18.2 Å². The van der Waals surface area contributed by atoms with E-state index in [4.69, 9.17) is 10.00 Å². The Morgan fingerprint density at radius 1 is 1.54 bits per heavy atom. The molecule has 0 amide bonds. The van der Waals surface area contributed by atoms with Crippen LogP contribution < -0.4 is 4.74 Å². The molecule has 1 heterocycles. The van der Waals surface area contributed by atoms with Gasteiger partial charge in [-0.1, -0.05) is 13.0 Å². The highest BCUT2D eigenvalue weighted by atomic mass is 16.5. The fraction of sp³-hybridized carbons (Fsp3) is 0.364. The monoisotopic (exact) mass is 173 g/mol. The molecule has 13 heavy (non-hydrogen) atoms. The van der Waals surface area contributed by atoms with Crippen molar-refractivity contribution in [3.05, 3.63) is 29.3 Å². The van der Waals surface area contributed by atoms with Gasteiger partial charge < -0.3 is 4.74 Å².